The summed E-state index contributed by atoms with van der Waals surface area (Å²) in [6.07, 6.45) is 4.39. The number of carbonyl (C=O) groups excluding carboxylic acids is 1. The second-order valence-electron chi connectivity index (χ2n) is 3.30. The summed E-state index contributed by atoms with van der Waals surface area (Å²) in [4.78, 5) is 11.5. The monoisotopic (exact) mass is 247 g/mol. The molecule has 1 heterocycles. The molecular weight excluding hydrogens is 238 g/mol. The van der Waals surface area contributed by atoms with Crippen molar-refractivity contribution in [3.05, 3.63) is 65.7 Å². The molecule has 0 aliphatic rings. The van der Waals surface area contributed by atoms with Gasteiger partial charge in [0.1, 0.15) is 0 Å². The average Bonchev–Trinajstić information content (AvgIpc) is 2.85. The Morgan fingerprint density at radius 1 is 1.24 bits per heavy atom. The summed E-state index contributed by atoms with van der Waals surface area (Å²) in [5, 5.41) is 3.53. The summed E-state index contributed by atoms with van der Waals surface area (Å²) in [7, 11) is 0. The van der Waals surface area contributed by atoms with E-state index in [1.165, 1.54) is 18.5 Å². The predicted octanol–water partition coefficient (Wildman–Crippen LogP) is 3.74. The van der Waals surface area contributed by atoms with Crippen LogP contribution in [0.15, 0.2) is 59.4 Å². The van der Waals surface area contributed by atoms with Crippen LogP contribution in [0.4, 0.5) is 5.69 Å². The maximum absolute atomic E-state index is 11.5. The Kier molecular flexibility index (Phi) is 3.62. The van der Waals surface area contributed by atoms with Crippen molar-refractivity contribution in [1.29, 1.82) is 0 Å². The van der Waals surface area contributed by atoms with E-state index in [-0.39, 0.29) is 5.78 Å². The topological polar surface area (TPSA) is 42.2 Å². The number of anilines is 1. The van der Waals surface area contributed by atoms with Crippen molar-refractivity contribution in [3.63, 3.8) is 0 Å². The second kappa shape index (κ2) is 5.37. The SMILES string of the molecule is O=C(/C=C\Nc1ccccc1Cl)c1ccco1. The van der Waals surface area contributed by atoms with Crippen molar-refractivity contribution in [2.75, 3.05) is 5.32 Å². The van der Waals surface area contributed by atoms with Gasteiger partial charge in [0.05, 0.1) is 17.0 Å². The second-order valence-corrected chi connectivity index (χ2v) is 3.71. The van der Waals surface area contributed by atoms with Gasteiger partial charge in [0.25, 0.3) is 0 Å². The first-order chi connectivity index (χ1) is 8.27. The zero-order valence-corrected chi connectivity index (χ0v) is 9.65. The first-order valence-corrected chi connectivity index (χ1v) is 5.40. The minimum atomic E-state index is -0.199. The highest BCUT2D eigenvalue weighted by molar-refractivity contribution is 6.33. The molecular formula is C13H10ClNO2. The van der Waals surface area contributed by atoms with Gasteiger partial charge in [0.15, 0.2) is 5.76 Å². The number of ketones is 1. The van der Waals surface area contributed by atoms with E-state index in [9.17, 15) is 4.79 Å². The molecule has 0 aliphatic carbocycles. The molecule has 17 heavy (non-hydrogen) atoms. The van der Waals surface area contributed by atoms with Gasteiger partial charge in [-0.05, 0) is 24.3 Å². The van der Waals surface area contributed by atoms with E-state index < -0.39 is 0 Å². The zero-order chi connectivity index (χ0) is 12.1. The van der Waals surface area contributed by atoms with Gasteiger partial charge < -0.3 is 9.73 Å². The Morgan fingerprint density at radius 3 is 2.76 bits per heavy atom. The number of hydrogen-bond donors (Lipinski definition) is 1. The minimum absolute atomic E-state index is 0.199. The van der Waals surface area contributed by atoms with Gasteiger partial charge in [-0.25, -0.2) is 0 Å². The summed E-state index contributed by atoms with van der Waals surface area (Å²) >= 11 is 5.94. The molecule has 0 fully saturated rings. The van der Waals surface area contributed by atoms with Gasteiger partial charge in [0.2, 0.25) is 5.78 Å². The number of halogens is 1. The smallest absolute Gasteiger partial charge is 0.222 e. The highest BCUT2D eigenvalue weighted by Gasteiger charge is 2.03. The van der Waals surface area contributed by atoms with E-state index in [0.717, 1.165) is 5.69 Å². The van der Waals surface area contributed by atoms with Crippen LogP contribution < -0.4 is 5.32 Å². The fourth-order valence-corrected chi connectivity index (χ4v) is 1.48. The molecule has 0 bridgehead atoms. The molecule has 0 saturated carbocycles. The number of allylic oxidation sites excluding steroid dienone is 1. The van der Waals surface area contributed by atoms with Crippen LogP contribution >= 0.6 is 11.6 Å². The lowest BCUT2D eigenvalue weighted by molar-refractivity contribution is 0.102. The molecule has 0 radical (unpaired) electrons. The molecule has 0 saturated heterocycles. The third-order valence-corrected chi connectivity index (χ3v) is 2.44. The molecule has 0 spiro atoms. The van der Waals surface area contributed by atoms with Crippen molar-refractivity contribution in [3.8, 4) is 0 Å². The molecule has 1 N–H and O–H groups in total. The van der Waals surface area contributed by atoms with Crippen LogP contribution in [-0.4, -0.2) is 5.78 Å². The molecule has 86 valence electrons. The average molecular weight is 248 g/mol. The quantitative estimate of drug-likeness (QED) is 0.661. The van der Waals surface area contributed by atoms with Crippen LogP contribution in [0.5, 0.6) is 0 Å². The zero-order valence-electron chi connectivity index (χ0n) is 8.89. The molecule has 0 unspecified atom stereocenters. The maximum atomic E-state index is 11.5. The number of carbonyl (C=O) groups is 1. The van der Waals surface area contributed by atoms with E-state index in [0.29, 0.717) is 10.8 Å². The lowest BCUT2D eigenvalue weighted by Gasteiger charge is -2.01. The first kappa shape index (κ1) is 11.5. The van der Waals surface area contributed by atoms with E-state index in [1.54, 1.807) is 18.2 Å². The lowest BCUT2D eigenvalue weighted by atomic mass is 10.3. The standard InChI is InChI=1S/C13H10ClNO2/c14-10-4-1-2-5-11(10)15-8-7-12(16)13-6-3-9-17-13/h1-9,15H/b8-7-. The third kappa shape index (κ3) is 2.98. The Labute approximate surface area is 104 Å². The predicted molar refractivity (Wildman–Crippen MR) is 67.3 cm³/mol. The minimum Gasteiger partial charge on any atom is -0.461 e. The molecule has 0 amide bonds. The molecule has 0 atom stereocenters. The number of hydrogen-bond acceptors (Lipinski definition) is 3. The van der Waals surface area contributed by atoms with Crippen LogP contribution in [0.2, 0.25) is 5.02 Å². The van der Waals surface area contributed by atoms with Gasteiger partial charge in [0, 0.05) is 12.3 Å². The van der Waals surface area contributed by atoms with Crippen LogP contribution in [0, 0.1) is 0 Å². The van der Waals surface area contributed by atoms with Crippen molar-refractivity contribution < 1.29 is 9.21 Å². The van der Waals surface area contributed by atoms with Gasteiger partial charge in [-0.15, -0.1) is 0 Å². The molecule has 2 rings (SSSR count). The van der Waals surface area contributed by atoms with Crippen LogP contribution in [0.1, 0.15) is 10.6 Å². The summed E-state index contributed by atoms with van der Waals surface area (Å²) in [6.45, 7) is 0. The fraction of sp³-hybridized carbons (Fsp3) is 0. The van der Waals surface area contributed by atoms with Crippen LogP contribution in [0.25, 0.3) is 0 Å². The van der Waals surface area contributed by atoms with E-state index >= 15 is 0 Å². The number of rotatable bonds is 4. The van der Waals surface area contributed by atoms with Crippen molar-refractivity contribution in [2.45, 2.75) is 0 Å². The Hall–Kier alpha value is -2.00. The summed E-state index contributed by atoms with van der Waals surface area (Å²) < 4.78 is 4.97. The number of nitrogens with one attached hydrogen (secondary N) is 1. The Bertz CT molecular complexity index is 532. The molecule has 3 nitrogen and oxygen atoms in total. The molecule has 4 heteroatoms. The van der Waals surface area contributed by atoms with Crippen LogP contribution in [-0.2, 0) is 0 Å². The Morgan fingerprint density at radius 2 is 2.06 bits per heavy atom. The van der Waals surface area contributed by atoms with E-state index in [2.05, 4.69) is 5.32 Å². The number of para-hydroxylation sites is 1. The Balaban J connectivity index is 1.99. The molecule has 1 aromatic carbocycles. The van der Waals surface area contributed by atoms with E-state index in [4.69, 9.17) is 16.0 Å². The van der Waals surface area contributed by atoms with Crippen LogP contribution in [0.3, 0.4) is 0 Å². The highest BCUT2D eigenvalue weighted by Crippen LogP contribution is 2.20. The number of benzene rings is 1. The van der Waals surface area contributed by atoms with Gasteiger partial charge in [-0.2, -0.15) is 0 Å². The van der Waals surface area contributed by atoms with Gasteiger partial charge >= 0.3 is 0 Å². The summed E-state index contributed by atoms with van der Waals surface area (Å²) in [6, 6.07) is 10.6. The van der Waals surface area contributed by atoms with Crippen molar-refractivity contribution >= 4 is 23.1 Å². The van der Waals surface area contributed by atoms with Gasteiger partial charge in [-0.3, -0.25) is 4.79 Å². The largest absolute Gasteiger partial charge is 0.461 e. The van der Waals surface area contributed by atoms with Gasteiger partial charge in [-0.1, -0.05) is 23.7 Å². The van der Waals surface area contributed by atoms with Crippen molar-refractivity contribution in [2.24, 2.45) is 0 Å². The van der Waals surface area contributed by atoms with E-state index in [1.807, 2.05) is 18.2 Å². The first-order valence-electron chi connectivity index (χ1n) is 5.03. The highest BCUT2D eigenvalue weighted by atomic mass is 35.5. The fourth-order valence-electron chi connectivity index (χ4n) is 1.29. The normalized spacial score (nSPS) is 10.6. The van der Waals surface area contributed by atoms with Crippen molar-refractivity contribution in [1.82, 2.24) is 0 Å². The summed E-state index contributed by atoms with van der Waals surface area (Å²) in [5.74, 6) is 0.108. The maximum Gasteiger partial charge on any atom is 0.222 e. The molecule has 2 aromatic rings. The third-order valence-electron chi connectivity index (χ3n) is 2.11. The lowest BCUT2D eigenvalue weighted by Crippen LogP contribution is -1.94. The number of furan rings is 1. The molecule has 0 aliphatic heterocycles. The molecule has 1 aromatic heterocycles. The summed E-state index contributed by atoms with van der Waals surface area (Å²) in [5.41, 5.74) is 0.748.